The molecule has 1 aromatic carbocycles. The first-order valence-electron chi connectivity index (χ1n) is 10.4. The number of rotatable bonds is 7. The van der Waals surface area contributed by atoms with Crippen LogP contribution in [0.3, 0.4) is 0 Å². The molecule has 0 spiro atoms. The molecular weight excluding hydrogens is 418 g/mol. The van der Waals surface area contributed by atoms with Gasteiger partial charge < -0.3 is 9.88 Å². The molecule has 2 aromatic heterocycles. The largest absolute Gasteiger partial charge is 0.354 e. The Hall–Kier alpha value is -2.16. The number of sulfonamides is 1. The maximum atomic E-state index is 13.0. The quantitative estimate of drug-likeness (QED) is 0.604. The van der Waals surface area contributed by atoms with Gasteiger partial charge in [-0.25, -0.2) is 8.42 Å². The van der Waals surface area contributed by atoms with Gasteiger partial charge in [-0.05, 0) is 55.0 Å². The molecule has 3 heterocycles. The van der Waals surface area contributed by atoms with Gasteiger partial charge in [0.2, 0.25) is 15.9 Å². The number of nitrogens with zero attached hydrogens (tertiary/aromatic N) is 2. The van der Waals surface area contributed by atoms with E-state index in [4.69, 9.17) is 0 Å². The first kappa shape index (κ1) is 21.1. The molecule has 6 nitrogen and oxygen atoms in total. The standard InChI is InChI=1S/C22H27N3O3S2/c26-22(23-11-9-19-6-5-15-29-19)17-24-14-10-18-16-20(7-8-21(18)24)30(27,28)25-12-3-1-2-4-13-25/h5-8,10,14-16H,1-4,9,11-13,17H2,(H,23,26). The van der Waals surface area contributed by atoms with Crippen LogP contribution in [-0.2, 0) is 27.8 Å². The van der Waals surface area contributed by atoms with Crippen molar-refractivity contribution in [2.75, 3.05) is 19.6 Å². The third-order valence-electron chi connectivity index (χ3n) is 5.53. The lowest BCUT2D eigenvalue weighted by molar-refractivity contribution is -0.121. The highest BCUT2D eigenvalue weighted by molar-refractivity contribution is 7.89. The van der Waals surface area contributed by atoms with Crippen molar-refractivity contribution in [1.29, 1.82) is 0 Å². The highest BCUT2D eigenvalue weighted by Crippen LogP contribution is 2.25. The molecule has 8 heteroatoms. The summed E-state index contributed by atoms with van der Waals surface area (Å²) in [5, 5.41) is 5.82. The fraction of sp³-hybridized carbons (Fsp3) is 0.409. The van der Waals surface area contributed by atoms with E-state index < -0.39 is 10.0 Å². The molecule has 30 heavy (non-hydrogen) atoms. The van der Waals surface area contributed by atoms with Crippen molar-refractivity contribution < 1.29 is 13.2 Å². The van der Waals surface area contributed by atoms with Gasteiger partial charge in [-0.2, -0.15) is 4.31 Å². The van der Waals surface area contributed by atoms with Crippen molar-refractivity contribution in [2.45, 2.75) is 43.5 Å². The lowest BCUT2D eigenvalue weighted by Gasteiger charge is -2.20. The zero-order valence-corrected chi connectivity index (χ0v) is 18.6. The van der Waals surface area contributed by atoms with E-state index in [2.05, 4.69) is 11.4 Å². The average molecular weight is 446 g/mol. The molecule has 3 aromatic rings. The van der Waals surface area contributed by atoms with Crippen LogP contribution < -0.4 is 5.32 Å². The van der Waals surface area contributed by atoms with Gasteiger partial charge >= 0.3 is 0 Å². The van der Waals surface area contributed by atoms with Crippen LogP contribution in [0.4, 0.5) is 0 Å². The monoisotopic (exact) mass is 445 g/mol. The van der Waals surface area contributed by atoms with Crippen LogP contribution in [0.25, 0.3) is 10.9 Å². The summed E-state index contributed by atoms with van der Waals surface area (Å²) in [4.78, 5) is 13.9. The summed E-state index contributed by atoms with van der Waals surface area (Å²) in [6.07, 6.45) is 6.67. The summed E-state index contributed by atoms with van der Waals surface area (Å²) in [6, 6.07) is 11.1. The Bertz CT molecular complexity index is 1100. The first-order chi connectivity index (χ1) is 14.5. The molecule has 160 valence electrons. The van der Waals surface area contributed by atoms with Gasteiger partial charge in [0.25, 0.3) is 0 Å². The van der Waals surface area contributed by atoms with E-state index in [0.29, 0.717) is 24.5 Å². The molecule has 4 rings (SSSR count). The predicted molar refractivity (Wildman–Crippen MR) is 120 cm³/mol. The Morgan fingerprint density at radius 3 is 2.60 bits per heavy atom. The van der Waals surface area contributed by atoms with E-state index in [1.54, 1.807) is 33.8 Å². The topological polar surface area (TPSA) is 71.4 Å². The van der Waals surface area contributed by atoms with E-state index in [-0.39, 0.29) is 12.5 Å². The van der Waals surface area contributed by atoms with Gasteiger partial charge in [0, 0.05) is 41.6 Å². The van der Waals surface area contributed by atoms with Crippen LogP contribution >= 0.6 is 11.3 Å². The lowest BCUT2D eigenvalue weighted by Crippen LogP contribution is -2.31. The number of hydrogen-bond donors (Lipinski definition) is 1. The first-order valence-corrected chi connectivity index (χ1v) is 12.7. The van der Waals surface area contributed by atoms with Gasteiger partial charge in [-0.3, -0.25) is 4.79 Å². The Labute approximate surface area is 181 Å². The third-order valence-corrected chi connectivity index (χ3v) is 8.36. The van der Waals surface area contributed by atoms with Gasteiger partial charge in [0.05, 0.1) is 4.90 Å². The van der Waals surface area contributed by atoms with Crippen LogP contribution in [0.5, 0.6) is 0 Å². The van der Waals surface area contributed by atoms with Gasteiger partial charge in [-0.1, -0.05) is 18.9 Å². The predicted octanol–water partition coefficient (Wildman–Crippen LogP) is 3.63. The van der Waals surface area contributed by atoms with E-state index >= 15 is 0 Å². The molecule has 0 unspecified atom stereocenters. The molecule has 1 amide bonds. The summed E-state index contributed by atoms with van der Waals surface area (Å²) in [5.41, 5.74) is 0.859. The average Bonchev–Trinajstić information content (AvgIpc) is 3.29. The fourth-order valence-electron chi connectivity index (χ4n) is 3.90. The number of aromatic nitrogens is 1. The lowest BCUT2D eigenvalue weighted by atomic mass is 10.2. The van der Waals surface area contributed by atoms with Crippen LogP contribution in [-0.4, -0.2) is 42.8 Å². The zero-order valence-electron chi connectivity index (χ0n) is 16.9. The number of carbonyl (C=O) groups is 1. The highest BCUT2D eigenvalue weighted by Gasteiger charge is 2.25. The van der Waals surface area contributed by atoms with E-state index in [9.17, 15) is 13.2 Å². The Kier molecular flexibility index (Phi) is 6.55. The number of fused-ring (bicyclic) bond motifs is 1. The molecule has 1 aliphatic heterocycles. The van der Waals surface area contributed by atoms with Gasteiger partial charge in [0.1, 0.15) is 6.54 Å². The molecule has 1 fully saturated rings. The molecule has 1 N–H and O–H groups in total. The van der Waals surface area contributed by atoms with Crippen LogP contribution in [0.15, 0.2) is 52.9 Å². The zero-order chi connectivity index (χ0) is 21.0. The number of carbonyl (C=O) groups excluding carboxylic acids is 1. The van der Waals surface area contributed by atoms with Crippen LogP contribution in [0.2, 0.25) is 0 Å². The molecule has 1 saturated heterocycles. The maximum Gasteiger partial charge on any atom is 0.243 e. The van der Waals surface area contributed by atoms with Crippen molar-refractivity contribution in [2.24, 2.45) is 0 Å². The molecule has 0 bridgehead atoms. The second-order valence-corrected chi connectivity index (χ2v) is 10.6. The summed E-state index contributed by atoms with van der Waals surface area (Å²) < 4.78 is 29.5. The van der Waals surface area contributed by atoms with Crippen molar-refractivity contribution >= 4 is 38.2 Å². The maximum absolute atomic E-state index is 13.0. The summed E-state index contributed by atoms with van der Waals surface area (Å²) in [6.45, 7) is 2.00. The van der Waals surface area contributed by atoms with Crippen molar-refractivity contribution in [3.63, 3.8) is 0 Å². The molecule has 0 radical (unpaired) electrons. The highest BCUT2D eigenvalue weighted by atomic mass is 32.2. The molecule has 0 aliphatic carbocycles. The van der Waals surface area contributed by atoms with Crippen LogP contribution in [0.1, 0.15) is 30.6 Å². The Morgan fingerprint density at radius 1 is 1.07 bits per heavy atom. The van der Waals surface area contributed by atoms with Gasteiger partial charge in [0.15, 0.2) is 0 Å². The van der Waals surface area contributed by atoms with Crippen molar-refractivity contribution in [3.8, 4) is 0 Å². The minimum absolute atomic E-state index is 0.0506. The smallest absolute Gasteiger partial charge is 0.243 e. The second kappa shape index (κ2) is 9.32. The molecule has 0 saturated carbocycles. The summed E-state index contributed by atoms with van der Waals surface area (Å²) in [7, 11) is -3.48. The van der Waals surface area contributed by atoms with Gasteiger partial charge in [-0.15, -0.1) is 11.3 Å². The summed E-state index contributed by atoms with van der Waals surface area (Å²) in [5.74, 6) is -0.0506. The molecule has 1 aliphatic rings. The number of nitrogens with one attached hydrogen (secondary N) is 1. The number of hydrogen-bond acceptors (Lipinski definition) is 4. The number of benzene rings is 1. The fourth-order valence-corrected chi connectivity index (χ4v) is 6.16. The van der Waals surface area contributed by atoms with E-state index in [1.807, 2.05) is 28.3 Å². The van der Waals surface area contributed by atoms with Crippen LogP contribution in [0, 0.1) is 0 Å². The normalized spacial score (nSPS) is 15.9. The summed E-state index contributed by atoms with van der Waals surface area (Å²) >= 11 is 1.69. The van der Waals surface area contributed by atoms with Crippen molar-refractivity contribution in [3.05, 3.63) is 52.9 Å². The van der Waals surface area contributed by atoms with E-state index in [1.165, 1.54) is 4.88 Å². The Morgan fingerprint density at radius 2 is 1.87 bits per heavy atom. The number of amides is 1. The molecule has 0 atom stereocenters. The Balaban J connectivity index is 1.43. The van der Waals surface area contributed by atoms with Crippen molar-refractivity contribution in [1.82, 2.24) is 14.2 Å². The minimum atomic E-state index is -3.48. The second-order valence-electron chi connectivity index (χ2n) is 7.66. The third kappa shape index (κ3) is 4.77. The van der Waals surface area contributed by atoms with E-state index in [0.717, 1.165) is 43.0 Å². The molecular formula is C22H27N3O3S2. The SMILES string of the molecule is O=C(Cn1ccc2cc(S(=O)(=O)N3CCCCCC3)ccc21)NCCc1cccs1. The minimum Gasteiger partial charge on any atom is -0.354 e. The number of thiophene rings is 1.